The number of benzene rings is 2. The molecule has 2 aromatic rings. The van der Waals surface area contributed by atoms with Crippen LogP contribution in [0.3, 0.4) is 0 Å². The molecule has 3 nitrogen and oxygen atoms in total. The Morgan fingerprint density at radius 1 is 0.826 bits per heavy atom. The number of allylic oxidation sites excluding steroid dienone is 1. The first-order valence-electron chi connectivity index (χ1n) is 7.89. The highest BCUT2D eigenvalue weighted by Gasteiger charge is 2.24. The first kappa shape index (κ1) is 17.4. The van der Waals surface area contributed by atoms with Crippen molar-refractivity contribution in [3.05, 3.63) is 71.6 Å². The van der Waals surface area contributed by atoms with Gasteiger partial charge in [0, 0.05) is 5.82 Å². The summed E-state index contributed by atoms with van der Waals surface area (Å²) in [6, 6.07) is 15.1. The van der Waals surface area contributed by atoms with Gasteiger partial charge < -0.3 is 9.05 Å². The summed E-state index contributed by atoms with van der Waals surface area (Å²) in [6.45, 7) is 5.97. The van der Waals surface area contributed by atoms with E-state index in [-0.39, 0.29) is 0 Å². The van der Waals surface area contributed by atoms with Crippen molar-refractivity contribution in [1.82, 2.24) is 0 Å². The summed E-state index contributed by atoms with van der Waals surface area (Å²) in [4.78, 5) is 0. The smallest absolute Gasteiger partial charge is 0.413 e. The lowest BCUT2D eigenvalue weighted by Crippen LogP contribution is -1.99. The van der Waals surface area contributed by atoms with E-state index in [0.29, 0.717) is 11.5 Å². The van der Waals surface area contributed by atoms with Gasteiger partial charge in [-0.05, 0) is 55.2 Å². The Labute approximate surface area is 138 Å². The van der Waals surface area contributed by atoms with Crippen LogP contribution in [0.25, 0.3) is 0 Å². The van der Waals surface area contributed by atoms with Crippen molar-refractivity contribution in [1.29, 1.82) is 0 Å². The predicted octanol–water partition coefficient (Wildman–Crippen LogP) is 6.00. The molecule has 0 aliphatic heterocycles. The Bertz CT molecular complexity index is 634. The third-order valence-electron chi connectivity index (χ3n) is 3.46. The molecule has 0 aliphatic carbocycles. The van der Waals surface area contributed by atoms with Crippen LogP contribution in [0.1, 0.15) is 31.9 Å². The largest absolute Gasteiger partial charge is 0.455 e. The molecule has 0 aliphatic rings. The molecule has 0 saturated heterocycles. The fourth-order valence-corrected chi connectivity index (χ4v) is 3.48. The van der Waals surface area contributed by atoms with Gasteiger partial charge in [0.2, 0.25) is 0 Å². The molecule has 2 aromatic carbocycles. The van der Waals surface area contributed by atoms with Crippen molar-refractivity contribution in [2.24, 2.45) is 0 Å². The van der Waals surface area contributed by atoms with E-state index in [1.54, 1.807) is 13.0 Å². The van der Waals surface area contributed by atoms with Crippen LogP contribution in [-0.4, -0.2) is 0 Å². The molecule has 0 saturated carbocycles. The Morgan fingerprint density at radius 3 is 1.52 bits per heavy atom. The maximum absolute atomic E-state index is 12.9. The monoisotopic (exact) mass is 330 g/mol. The second-order valence-electron chi connectivity index (χ2n) is 5.20. The van der Waals surface area contributed by atoms with Gasteiger partial charge in [-0.3, -0.25) is 0 Å². The highest BCUT2D eigenvalue weighted by Crippen LogP contribution is 2.49. The number of hydrogen-bond donors (Lipinski definition) is 0. The third-order valence-corrected chi connectivity index (χ3v) is 5.05. The summed E-state index contributed by atoms with van der Waals surface area (Å²) in [5.41, 5.74) is 2.41. The lowest BCUT2D eigenvalue weighted by molar-refractivity contribution is 0.398. The van der Waals surface area contributed by atoms with Crippen LogP contribution in [0, 0.1) is 0 Å². The van der Waals surface area contributed by atoms with E-state index in [9.17, 15) is 4.57 Å². The van der Waals surface area contributed by atoms with Crippen LogP contribution in [0.15, 0.2) is 60.4 Å². The topological polar surface area (TPSA) is 35.5 Å². The lowest BCUT2D eigenvalue weighted by atomic mass is 10.2. The Balaban J connectivity index is 2.18. The van der Waals surface area contributed by atoms with E-state index in [0.717, 1.165) is 12.8 Å². The highest BCUT2D eigenvalue weighted by atomic mass is 31.2. The second kappa shape index (κ2) is 8.03. The van der Waals surface area contributed by atoms with E-state index in [4.69, 9.17) is 9.05 Å². The molecule has 0 fully saturated rings. The van der Waals surface area contributed by atoms with Crippen LogP contribution in [0.2, 0.25) is 0 Å². The van der Waals surface area contributed by atoms with Gasteiger partial charge in [0.15, 0.2) is 0 Å². The SMILES string of the molecule is CC=CP(=O)(Oc1ccc(CC)cc1)Oc1ccc(CC)cc1. The normalized spacial score (nSPS) is 11.6. The van der Waals surface area contributed by atoms with Crippen molar-refractivity contribution in [3.63, 3.8) is 0 Å². The summed E-state index contributed by atoms with van der Waals surface area (Å²) >= 11 is 0. The van der Waals surface area contributed by atoms with Crippen LogP contribution in [-0.2, 0) is 17.4 Å². The van der Waals surface area contributed by atoms with E-state index >= 15 is 0 Å². The van der Waals surface area contributed by atoms with Gasteiger partial charge in [-0.2, -0.15) is 0 Å². The zero-order chi connectivity index (χ0) is 16.7. The van der Waals surface area contributed by atoms with E-state index in [1.165, 1.54) is 16.9 Å². The first-order valence-corrected chi connectivity index (χ1v) is 9.50. The zero-order valence-corrected chi connectivity index (χ0v) is 14.8. The molecule has 0 amide bonds. The first-order chi connectivity index (χ1) is 11.1. The molecular weight excluding hydrogens is 307 g/mol. The van der Waals surface area contributed by atoms with Gasteiger partial charge in [-0.1, -0.05) is 44.2 Å². The predicted molar refractivity (Wildman–Crippen MR) is 95.3 cm³/mol. The molecule has 0 radical (unpaired) electrons. The zero-order valence-electron chi connectivity index (χ0n) is 13.9. The Kier molecular flexibility index (Phi) is 6.06. The summed E-state index contributed by atoms with van der Waals surface area (Å²) < 4.78 is 24.2. The van der Waals surface area contributed by atoms with Gasteiger partial charge in [-0.15, -0.1) is 0 Å². The molecule has 122 valence electrons. The quantitative estimate of drug-likeness (QED) is 0.584. The lowest BCUT2D eigenvalue weighted by Gasteiger charge is -2.17. The molecule has 0 N–H and O–H groups in total. The van der Waals surface area contributed by atoms with Gasteiger partial charge in [0.1, 0.15) is 11.5 Å². The fraction of sp³-hybridized carbons (Fsp3) is 0.263. The molecule has 2 rings (SSSR count). The van der Waals surface area contributed by atoms with Crippen molar-refractivity contribution in [2.75, 3.05) is 0 Å². The molecule has 4 heteroatoms. The molecule has 23 heavy (non-hydrogen) atoms. The summed E-state index contributed by atoms with van der Waals surface area (Å²) in [6.07, 6.45) is 3.59. The molecule has 0 atom stereocenters. The summed E-state index contributed by atoms with van der Waals surface area (Å²) in [5.74, 6) is 2.55. The highest BCUT2D eigenvalue weighted by molar-refractivity contribution is 7.58. The Morgan fingerprint density at radius 2 is 1.22 bits per heavy atom. The minimum atomic E-state index is -3.39. The molecular formula is C19H23O3P. The summed E-state index contributed by atoms with van der Waals surface area (Å²) in [7, 11) is -3.39. The van der Waals surface area contributed by atoms with Gasteiger partial charge >= 0.3 is 7.60 Å². The molecule has 0 bridgehead atoms. The van der Waals surface area contributed by atoms with E-state index in [1.807, 2.05) is 48.5 Å². The second-order valence-corrected chi connectivity index (χ2v) is 6.94. The minimum absolute atomic E-state index is 0.536. The van der Waals surface area contributed by atoms with Crippen LogP contribution in [0.5, 0.6) is 11.5 Å². The van der Waals surface area contributed by atoms with Gasteiger partial charge in [-0.25, -0.2) is 4.57 Å². The maximum atomic E-state index is 12.9. The fourth-order valence-electron chi connectivity index (χ4n) is 2.13. The molecule has 0 aromatic heterocycles. The molecule has 0 spiro atoms. The number of rotatable bonds is 7. The average molecular weight is 330 g/mol. The minimum Gasteiger partial charge on any atom is -0.413 e. The van der Waals surface area contributed by atoms with E-state index < -0.39 is 7.60 Å². The third kappa shape index (κ3) is 5.01. The standard InChI is InChI=1S/C19H23O3P/c1-4-15-23(20,21-18-11-7-16(5-2)8-12-18)22-19-13-9-17(6-3)10-14-19/h4,7-15H,5-6H2,1-3H3. The van der Waals surface area contributed by atoms with Crippen LogP contribution in [0.4, 0.5) is 0 Å². The Hall–Kier alpha value is -1.99. The van der Waals surface area contributed by atoms with Crippen molar-refractivity contribution >= 4 is 7.60 Å². The van der Waals surface area contributed by atoms with Crippen LogP contribution < -0.4 is 9.05 Å². The van der Waals surface area contributed by atoms with Crippen molar-refractivity contribution < 1.29 is 13.6 Å². The van der Waals surface area contributed by atoms with Gasteiger partial charge in [0.25, 0.3) is 0 Å². The number of hydrogen-bond acceptors (Lipinski definition) is 3. The van der Waals surface area contributed by atoms with Crippen LogP contribution >= 0.6 is 7.60 Å². The van der Waals surface area contributed by atoms with E-state index in [2.05, 4.69) is 13.8 Å². The van der Waals surface area contributed by atoms with Crippen molar-refractivity contribution in [2.45, 2.75) is 33.6 Å². The average Bonchev–Trinajstić information content (AvgIpc) is 2.56. The number of aryl methyl sites for hydroxylation is 2. The van der Waals surface area contributed by atoms with Crippen molar-refractivity contribution in [3.8, 4) is 11.5 Å². The molecule has 0 heterocycles. The maximum Gasteiger partial charge on any atom is 0.455 e. The van der Waals surface area contributed by atoms with Gasteiger partial charge in [0.05, 0.1) is 0 Å². The molecule has 0 unspecified atom stereocenters. The summed E-state index contributed by atoms with van der Waals surface area (Å²) in [5, 5.41) is 0.